The fourth-order valence-electron chi connectivity index (χ4n) is 3.51. The molecule has 0 bridgehead atoms. The monoisotopic (exact) mass is 430 g/mol. The van der Waals surface area contributed by atoms with Crippen molar-refractivity contribution in [2.45, 2.75) is 27.3 Å². The van der Waals surface area contributed by atoms with Crippen LogP contribution in [-0.2, 0) is 16.1 Å². The van der Waals surface area contributed by atoms with Crippen molar-refractivity contribution >= 4 is 34.2 Å². The van der Waals surface area contributed by atoms with E-state index in [-0.39, 0.29) is 18.0 Å². The van der Waals surface area contributed by atoms with E-state index in [4.69, 9.17) is 0 Å². The molecule has 0 spiro atoms. The summed E-state index contributed by atoms with van der Waals surface area (Å²) in [5.74, 6) is -0.601. The van der Waals surface area contributed by atoms with E-state index in [9.17, 15) is 14.4 Å². The van der Waals surface area contributed by atoms with Crippen molar-refractivity contribution in [1.29, 1.82) is 0 Å². The number of rotatable bonds is 5. The zero-order chi connectivity index (χ0) is 22.8. The van der Waals surface area contributed by atoms with Gasteiger partial charge in [-0.15, -0.1) is 0 Å². The molecule has 2 amide bonds. The van der Waals surface area contributed by atoms with Gasteiger partial charge in [0.2, 0.25) is 11.8 Å². The average Bonchev–Trinajstić information content (AvgIpc) is 3.14. The van der Waals surface area contributed by atoms with Gasteiger partial charge in [0.1, 0.15) is 18.3 Å². The normalized spacial score (nSPS) is 10.8. The molecule has 0 aliphatic carbocycles. The first-order valence-corrected chi connectivity index (χ1v) is 10.00. The van der Waals surface area contributed by atoms with E-state index in [0.717, 1.165) is 16.8 Å². The van der Waals surface area contributed by atoms with Gasteiger partial charge in [-0.2, -0.15) is 5.10 Å². The Hall–Kier alpha value is -4.27. The summed E-state index contributed by atoms with van der Waals surface area (Å²) in [4.78, 5) is 41.0. The SMILES string of the molecule is CC(=O)Nc1cccc(NC(=O)Cn2cnc3c(cnn3-c3ccc(C)cc3C)c2=O)c1. The van der Waals surface area contributed by atoms with Crippen LogP contribution in [0.5, 0.6) is 0 Å². The number of aryl methyl sites for hydroxylation is 2. The van der Waals surface area contributed by atoms with Crippen LogP contribution in [0.15, 0.2) is 59.8 Å². The number of benzene rings is 2. The lowest BCUT2D eigenvalue weighted by atomic mass is 10.1. The first kappa shape index (κ1) is 21.0. The van der Waals surface area contributed by atoms with Crippen molar-refractivity contribution in [1.82, 2.24) is 19.3 Å². The molecule has 162 valence electrons. The standard InChI is InChI=1S/C23H22N6O3/c1-14-7-8-20(15(2)9-14)29-22-19(11-25-29)23(32)28(13-24-22)12-21(31)27-18-6-4-5-17(10-18)26-16(3)30/h4-11,13H,12H2,1-3H3,(H,26,30)(H,27,31). The predicted molar refractivity (Wildman–Crippen MR) is 122 cm³/mol. The lowest BCUT2D eigenvalue weighted by Gasteiger charge is -2.10. The van der Waals surface area contributed by atoms with Gasteiger partial charge in [-0.1, -0.05) is 23.8 Å². The molecule has 0 aliphatic rings. The van der Waals surface area contributed by atoms with Gasteiger partial charge in [0.25, 0.3) is 5.56 Å². The zero-order valence-corrected chi connectivity index (χ0v) is 17.9. The van der Waals surface area contributed by atoms with E-state index in [0.29, 0.717) is 22.4 Å². The highest BCUT2D eigenvalue weighted by molar-refractivity contribution is 5.93. The number of nitrogens with one attached hydrogen (secondary N) is 2. The molecule has 2 aromatic carbocycles. The first-order chi connectivity index (χ1) is 15.3. The fourth-order valence-corrected chi connectivity index (χ4v) is 3.51. The fraction of sp³-hybridized carbons (Fsp3) is 0.174. The van der Waals surface area contributed by atoms with E-state index in [1.165, 1.54) is 24.0 Å². The van der Waals surface area contributed by atoms with E-state index in [1.807, 2.05) is 32.0 Å². The summed E-state index contributed by atoms with van der Waals surface area (Å²) in [6.45, 7) is 5.18. The van der Waals surface area contributed by atoms with E-state index >= 15 is 0 Å². The number of nitrogens with zero attached hydrogens (tertiary/aromatic N) is 4. The largest absolute Gasteiger partial charge is 0.326 e. The molecule has 2 N–H and O–H groups in total. The van der Waals surface area contributed by atoms with Crippen LogP contribution in [0.3, 0.4) is 0 Å². The number of carbonyl (C=O) groups is 2. The summed E-state index contributed by atoms with van der Waals surface area (Å²) < 4.78 is 2.87. The summed E-state index contributed by atoms with van der Waals surface area (Å²) in [5.41, 5.74) is 4.13. The van der Waals surface area contributed by atoms with Crippen molar-refractivity contribution in [3.63, 3.8) is 0 Å². The van der Waals surface area contributed by atoms with Crippen molar-refractivity contribution in [3.05, 3.63) is 76.5 Å². The van der Waals surface area contributed by atoms with Crippen LogP contribution in [0.4, 0.5) is 11.4 Å². The number of amides is 2. The van der Waals surface area contributed by atoms with E-state index < -0.39 is 5.91 Å². The number of fused-ring (bicyclic) bond motifs is 1. The summed E-state index contributed by atoms with van der Waals surface area (Å²) in [7, 11) is 0. The van der Waals surface area contributed by atoms with Gasteiger partial charge in [-0.3, -0.25) is 19.0 Å². The Morgan fingerprint density at radius 1 is 1.03 bits per heavy atom. The molecule has 0 saturated heterocycles. The predicted octanol–water partition coefficient (Wildman–Crippen LogP) is 2.80. The van der Waals surface area contributed by atoms with Gasteiger partial charge in [-0.05, 0) is 43.7 Å². The first-order valence-electron chi connectivity index (χ1n) is 10.00. The van der Waals surface area contributed by atoms with Crippen molar-refractivity contribution in [2.75, 3.05) is 10.6 Å². The van der Waals surface area contributed by atoms with Gasteiger partial charge in [0, 0.05) is 18.3 Å². The smallest absolute Gasteiger partial charge is 0.264 e. The van der Waals surface area contributed by atoms with Crippen LogP contribution in [0, 0.1) is 13.8 Å². The molecule has 2 heterocycles. The summed E-state index contributed by atoms with van der Waals surface area (Å²) in [5, 5.41) is 10.1. The summed E-state index contributed by atoms with van der Waals surface area (Å²) in [6.07, 6.45) is 2.81. The van der Waals surface area contributed by atoms with Crippen molar-refractivity contribution < 1.29 is 9.59 Å². The number of hydrogen-bond donors (Lipinski definition) is 2. The van der Waals surface area contributed by atoms with E-state index in [2.05, 4.69) is 20.7 Å². The lowest BCUT2D eigenvalue weighted by molar-refractivity contribution is -0.117. The van der Waals surface area contributed by atoms with Crippen molar-refractivity contribution in [3.8, 4) is 5.69 Å². The molecule has 0 aliphatic heterocycles. The minimum Gasteiger partial charge on any atom is -0.326 e. The van der Waals surface area contributed by atoms with Crippen LogP contribution < -0.4 is 16.2 Å². The third-order valence-electron chi connectivity index (χ3n) is 4.92. The van der Waals surface area contributed by atoms with Gasteiger partial charge in [0.15, 0.2) is 5.65 Å². The summed E-state index contributed by atoms with van der Waals surface area (Å²) in [6, 6.07) is 12.7. The second-order valence-corrected chi connectivity index (χ2v) is 7.57. The molecular formula is C23H22N6O3. The highest BCUT2D eigenvalue weighted by Gasteiger charge is 2.14. The van der Waals surface area contributed by atoms with Crippen LogP contribution in [0.2, 0.25) is 0 Å². The Bertz CT molecular complexity index is 1400. The Morgan fingerprint density at radius 2 is 1.78 bits per heavy atom. The molecule has 0 unspecified atom stereocenters. The van der Waals surface area contributed by atoms with E-state index in [1.54, 1.807) is 28.9 Å². The number of aromatic nitrogens is 4. The van der Waals surface area contributed by atoms with Gasteiger partial charge >= 0.3 is 0 Å². The molecule has 9 nitrogen and oxygen atoms in total. The second kappa shape index (κ2) is 8.46. The molecule has 9 heteroatoms. The van der Waals surface area contributed by atoms with Crippen LogP contribution in [-0.4, -0.2) is 31.1 Å². The molecule has 0 fully saturated rings. The molecule has 32 heavy (non-hydrogen) atoms. The maximum absolute atomic E-state index is 12.9. The van der Waals surface area contributed by atoms with Crippen LogP contribution in [0.1, 0.15) is 18.1 Å². The number of hydrogen-bond acceptors (Lipinski definition) is 5. The molecule has 4 rings (SSSR count). The molecule has 0 atom stereocenters. The lowest BCUT2D eigenvalue weighted by Crippen LogP contribution is -2.27. The van der Waals surface area contributed by atoms with Gasteiger partial charge < -0.3 is 10.6 Å². The van der Waals surface area contributed by atoms with Gasteiger partial charge in [0.05, 0.1) is 11.9 Å². The number of carbonyl (C=O) groups excluding carboxylic acids is 2. The number of anilines is 2. The minimum atomic E-state index is -0.394. The molecule has 0 saturated carbocycles. The maximum Gasteiger partial charge on any atom is 0.264 e. The zero-order valence-electron chi connectivity index (χ0n) is 17.9. The topological polar surface area (TPSA) is 111 Å². The third kappa shape index (κ3) is 4.27. The van der Waals surface area contributed by atoms with Crippen LogP contribution >= 0.6 is 0 Å². The molecule has 0 radical (unpaired) electrons. The van der Waals surface area contributed by atoms with Crippen LogP contribution in [0.25, 0.3) is 16.7 Å². The molecule has 2 aromatic heterocycles. The molecule has 4 aromatic rings. The second-order valence-electron chi connectivity index (χ2n) is 7.57. The highest BCUT2D eigenvalue weighted by Crippen LogP contribution is 2.19. The highest BCUT2D eigenvalue weighted by atomic mass is 16.2. The molecular weight excluding hydrogens is 408 g/mol. The maximum atomic E-state index is 12.9. The van der Waals surface area contributed by atoms with Gasteiger partial charge in [-0.25, -0.2) is 9.67 Å². The minimum absolute atomic E-state index is 0.207. The Morgan fingerprint density at radius 3 is 2.50 bits per heavy atom. The Labute approximate surface area is 183 Å². The quantitative estimate of drug-likeness (QED) is 0.506. The Kier molecular flexibility index (Phi) is 5.55. The van der Waals surface area contributed by atoms with Crippen molar-refractivity contribution in [2.24, 2.45) is 0 Å². The Balaban J connectivity index is 1.57. The third-order valence-corrected chi connectivity index (χ3v) is 4.92. The average molecular weight is 430 g/mol. The summed E-state index contributed by atoms with van der Waals surface area (Å²) >= 11 is 0.